The van der Waals surface area contributed by atoms with Crippen LogP contribution in [0.25, 0.3) is 0 Å². The van der Waals surface area contributed by atoms with Gasteiger partial charge in [-0.05, 0) is 18.2 Å². The molecule has 100 valence electrons. The predicted octanol–water partition coefficient (Wildman–Crippen LogP) is 4.42. The maximum atomic E-state index is 6.39. The van der Waals surface area contributed by atoms with Gasteiger partial charge in [0.15, 0.2) is 11.5 Å². The van der Waals surface area contributed by atoms with Crippen molar-refractivity contribution >= 4 is 23.2 Å². The van der Waals surface area contributed by atoms with Crippen LogP contribution in [0, 0.1) is 0 Å². The van der Waals surface area contributed by atoms with Gasteiger partial charge in [-0.3, -0.25) is 0 Å². The highest BCUT2D eigenvalue weighted by atomic mass is 35.5. The fraction of sp³-hybridized carbons (Fsp3) is 0.286. The third kappa shape index (κ3) is 2.53. The van der Waals surface area contributed by atoms with E-state index in [1.165, 1.54) is 0 Å². The highest BCUT2D eigenvalue weighted by molar-refractivity contribution is 6.33. The number of furan rings is 1. The first-order valence-corrected chi connectivity index (χ1v) is 6.83. The molecule has 1 unspecified atom stereocenters. The van der Waals surface area contributed by atoms with Crippen molar-refractivity contribution in [2.24, 2.45) is 0 Å². The van der Waals surface area contributed by atoms with Crippen LogP contribution in [-0.4, -0.2) is 13.2 Å². The lowest BCUT2D eigenvalue weighted by molar-refractivity contribution is 0.297. The molecule has 1 aromatic carbocycles. The summed E-state index contributed by atoms with van der Waals surface area (Å²) < 4.78 is 16.5. The van der Waals surface area contributed by atoms with Gasteiger partial charge in [0.1, 0.15) is 11.1 Å². The van der Waals surface area contributed by atoms with Gasteiger partial charge in [-0.25, -0.2) is 0 Å². The minimum atomic E-state index is -0.445. The van der Waals surface area contributed by atoms with Crippen LogP contribution in [-0.2, 0) is 0 Å². The first-order valence-electron chi connectivity index (χ1n) is 6.02. The third-order valence-electron chi connectivity index (χ3n) is 2.93. The Hall–Kier alpha value is -1.32. The van der Waals surface area contributed by atoms with Crippen molar-refractivity contribution in [2.75, 3.05) is 13.2 Å². The van der Waals surface area contributed by atoms with E-state index in [1.807, 2.05) is 12.1 Å². The van der Waals surface area contributed by atoms with Gasteiger partial charge in [-0.15, -0.1) is 11.6 Å². The number of benzene rings is 1. The fourth-order valence-corrected chi connectivity index (χ4v) is 2.61. The van der Waals surface area contributed by atoms with E-state index in [0.29, 0.717) is 35.5 Å². The summed E-state index contributed by atoms with van der Waals surface area (Å²) in [4.78, 5) is 0. The van der Waals surface area contributed by atoms with Gasteiger partial charge in [-0.2, -0.15) is 0 Å². The number of halogens is 2. The highest BCUT2D eigenvalue weighted by Crippen LogP contribution is 2.41. The number of hydrogen-bond acceptors (Lipinski definition) is 3. The molecule has 5 heteroatoms. The molecule has 1 aliphatic heterocycles. The summed E-state index contributed by atoms with van der Waals surface area (Å²) in [6.07, 6.45) is 2.44. The molecule has 2 heterocycles. The summed E-state index contributed by atoms with van der Waals surface area (Å²) in [5.41, 5.74) is 0.752. The van der Waals surface area contributed by atoms with E-state index >= 15 is 0 Å². The molecule has 1 aromatic heterocycles. The maximum Gasteiger partial charge on any atom is 0.162 e. The number of fused-ring (bicyclic) bond motifs is 1. The zero-order valence-electron chi connectivity index (χ0n) is 10.1. The van der Waals surface area contributed by atoms with Gasteiger partial charge < -0.3 is 13.9 Å². The average molecular weight is 299 g/mol. The van der Waals surface area contributed by atoms with E-state index in [4.69, 9.17) is 37.1 Å². The Kier molecular flexibility index (Phi) is 3.58. The highest BCUT2D eigenvalue weighted by Gasteiger charge is 2.21. The summed E-state index contributed by atoms with van der Waals surface area (Å²) in [5.74, 6) is 1.99. The maximum absolute atomic E-state index is 6.39. The molecule has 0 fully saturated rings. The van der Waals surface area contributed by atoms with Crippen LogP contribution in [0.4, 0.5) is 0 Å². The Morgan fingerprint density at radius 1 is 1.11 bits per heavy atom. The van der Waals surface area contributed by atoms with Gasteiger partial charge in [0.25, 0.3) is 0 Å². The Morgan fingerprint density at radius 2 is 1.84 bits per heavy atom. The minimum Gasteiger partial charge on any atom is -0.490 e. The Bertz CT molecular complexity index is 566. The van der Waals surface area contributed by atoms with E-state index in [-0.39, 0.29) is 0 Å². The van der Waals surface area contributed by atoms with Gasteiger partial charge in [0.2, 0.25) is 0 Å². The van der Waals surface area contributed by atoms with Crippen LogP contribution in [0.3, 0.4) is 0 Å². The zero-order chi connectivity index (χ0) is 13.2. The van der Waals surface area contributed by atoms with Crippen LogP contribution in [0.5, 0.6) is 11.5 Å². The molecule has 1 atom stereocenters. The largest absolute Gasteiger partial charge is 0.490 e. The van der Waals surface area contributed by atoms with Crippen LogP contribution in [0.2, 0.25) is 5.02 Å². The second kappa shape index (κ2) is 5.35. The quantitative estimate of drug-likeness (QED) is 0.769. The van der Waals surface area contributed by atoms with Gasteiger partial charge in [0.05, 0.1) is 19.5 Å². The summed E-state index contributed by atoms with van der Waals surface area (Å²) in [5, 5.41) is 0.0975. The summed E-state index contributed by atoms with van der Waals surface area (Å²) >= 11 is 12.7. The zero-order valence-corrected chi connectivity index (χ0v) is 11.6. The van der Waals surface area contributed by atoms with Crippen molar-refractivity contribution in [1.82, 2.24) is 0 Å². The molecule has 3 nitrogen and oxygen atoms in total. The molecule has 19 heavy (non-hydrogen) atoms. The molecule has 0 bridgehead atoms. The SMILES string of the molecule is Clc1cc2c(cc1C(Cl)c1ccco1)OCCCO2. The van der Waals surface area contributed by atoms with Gasteiger partial charge >= 0.3 is 0 Å². The van der Waals surface area contributed by atoms with Crippen LogP contribution in [0.15, 0.2) is 34.9 Å². The van der Waals surface area contributed by atoms with E-state index in [0.717, 1.165) is 12.0 Å². The number of rotatable bonds is 2. The van der Waals surface area contributed by atoms with Crippen molar-refractivity contribution in [3.63, 3.8) is 0 Å². The molecule has 3 rings (SSSR count). The van der Waals surface area contributed by atoms with Crippen LogP contribution >= 0.6 is 23.2 Å². The fourth-order valence-electron chi connectivity index (χ4n) is 1.98. The van der Waals surface area contributed by atoms with Crippen molar-refractivity contribution in [1.29, 1.82) is 0 Å². The Balaban J connectivity index is 2.00. The van der Waals surface area contributed by atoms with Crippen molar-refractivity contribution in [3.05, 3.63) is 46.9 Å². The van der Waals surface area contributed by atoms with Crippen molar-refractivity contribution in [2.45, 2.75) is 11.8 Å². The molecule has 0 aliphatic carbocycles. The third-order valence-corrected chi connectivity index (χ3v) is 3.71. The molecule has 0 amide bonds. The second-order valence-corrected chi connectivity index (χ2v) is 5.09. The second-order valence-electron chi connectivity index (χ2n) is 4.25. The van der Waals surface area contributed by atoms with Gasteiger partial charge in [0, 0.05) is 23.1 Å². The lowest BCUT2D eigenvalue weighted by Crippen LogP contribution is -1.97. The first kappa shape index (κ1) is 12.7. The smallest absolute Gasteiger partial charge is 0.162 e. The molecule has 0 N–H and O–H groups in total. The molecule has 1 aliphatic rings. The number of alkyl halides is 1. The predicted molar refractivity (Wildman–Crippen MR) is 73.5 cm³/mol. The lowest BCUT2D eigenvalue weighted by Gasteiger charge is -2.14. The van der Waals surface area contributed by atoms with E-state index < -0.39 is 5.38 Å². The van der Waals surface area contributed by atoms with Crippen LogP contribution in [0.1, 0.15) is 23.1 Å². The van der Waals surface area contributed by atoms with E-state index in [2.05, 4.69) is 0 Å². The lowest BCUT2D eigenvalue weighted by atomic mass is 10.1. The normalized spacial score (nSPS) is 15.9. The average Bonchev–Trinajstić information content (AvgIpc) is 2.84. The molecule has 0 saturated carbocycles. The van der Waals surface area contributed by atoms with E-state index in [9.17, 15) is 0 Å². The summed E-state index contributed by atoms with van der Waals surface area (Å²) in [7, 11) is 0. The topological polar surface area (TPSA) is 31.6 Å². The summed E-state index contributed by atoms with van der Waals surface area (Å²) in [6.45, 7) is 1.26. The molecule has 0 saturated heterocycles. The van der Waals surface area contributed by atoms with Crippen molar-refractivity contribution in [3.8, 4) is 11.5 Å². The Labute approximate surface area is 121 Å². The molecular formula is C14H12Cl2O3. The number of hydrogen-bond donors (Lipinski definition) is 0. The monoisotopic (exact) mass is 298 g/mol. The number of ether oxygens (including phenoxy) is 2. The summed E-state index contributed by atoms with van der Waals surface area (Å²) in [6, 6.07) is 7.18. The molecule has 0 radical (unpaired) electrons. The molecular weight excluding hydrogens is 287 g/mol. The molecule has 0 spiro atoms. The van der Waals surface area contributed by atoms with Crippen LogP contribution < -0.4 is 9.47 Å². The van der Waals surface area contributed by atoms with Gasteiger partial charge in [-0.1, -0.05) is 11.6 Å². The first-order chi connectivity index (χ1) is 9.25. The van der Waals surface area contributed by atoms with E-state index in [1.54, 1.807) is 18.4 Å². The minimum absolute atomic E-state index is 0.445. The Morgan fingerprint density at radius 3 is 2.53 bits per heavy atom. The van der Waals surface area contributed by atoms with Crippen molar-refractivity contribution < 1.29 is 13.9 Å². The molecule has 2 aromatic rings. The standard InChI is InChI=1S/C14H12Cl2O3/c15-10-8-13-12(18-5-2-6-19-13)7-9(10)14(16)11-3-1-4-17-11/h1,3-4,7-8,14H,2,5-6H2.